The van der Waals surface area contributed by atoms with E-state index in [4.69, 9.17) is 9.15 Å². The number of carbonyl (C=O) groups excluding carboxylic acids is 1. The highest BCUT2D eigenvalue weighted by atomic mass is 16.5. The van der Waals surface area contributed by atoms with Crippen LogP contribution in [0, 0.1) is 0 Å². The van der Waals surface area contributed by atoms with Crippen molar-refractivity contribution >= 4 is 16.9 Å². The average molecular weight is 348 g/mol. The lowest BCUT2D eigenvalue weighted by Crippen LogP contribution is -2.26. The Hall–Kier alpha value is -2.88. The average Bonchev–Trinajstić information content (AvgIpc) is 2.60. The molecule has 26 heavy (non-hydrogen) atoms. The minimum Gasteiger partial charge on any atom is -0.425 e. The van der Waals surface area contributed by atoms with Crippen LogP contribution in [0.5, 0.6) is 5.75 Å². The Morgan fingerprint density at radius 2 is 1.65 bits per heavy atom. The van der Waals surface area contributed by atoms with Gasteiger partial charge < -0.3 is 9.15 Å². The molecule has 0 bridgehead atoms. The molecule has 0 saturated heterocycles. The second-order valence-corrected chi connectivity index (χ2v) is 7.73. The van der Waals surface area contributed by atoms with Gasteiger partial charge in [-0.25, -0.2) is 4.79 Å². The quantitative estimate of drug-likeness (QED) is 0.479. The van der Waals surface area contributed by atoms with Crippen LogP contribution in [0.15, 0.2) is 57.7 Å². The van der Waals surface area contributed by atoms with Crippen LogP contribution in [-0.2, 0) is 10.2 Å². The first-order valence-corrected chi connectivity index (χ1v) is 8.71. The van der Waals surface area contributed by atoms with Crippen LogP contribution in [0.4, 0.5) is 0 Å². The summed E-state index contributed by atoms with van der Waals surface area (Å²) in [5.41, 5.74) is 2.55. The van der Waals surface area contributed by atoms with Gasteiger partial charge in [0.2, 0.25) is 0 Å². The molecular weight excluding hydrogens is 328 g/mol. The van der Waals surface area contributed by atoms with Gasteiger partial charge in [0.15, 0.2) is 5.75 Å². The number of fused-ring (bicyclic) bond motifs is 3. The molecule has 0 spiro atoms. The Bertz CT molecular complexity index is 1050. The first kappa shape index (κ1) is 16.6. The zero-order valence-corrected chi connectivity index (χ0v) is 15.0. The predicted molar refractivity (Wildman–Crippen MR) is 99.7 cm³/mol. The maximum atomic E-state index is 12.6. The second-order valence-electron chi connectivity index (χ2n) is 7.73. The predicted octanol–water partition coefficient (Wildman–Crippen LogP) is 4.53. The van der Waals surface area contributed by atoms with Crippen LogP contribution in [0.3, 0.4) is 0 Å². The van der Waals surface area contributed by atoms with Crippen LogP contribution >= 0.6 is 0 Å². The van der Waals surface area contributed by atoms with Crippen LogP contribution in [0.1, 0.15) is 49.8 Å². The summed E-state index contributed by atoms with van der Waals surface area (Å²) in [5, 5.41) is 0.645. The first-order chi connectivity index (χ1) is 12.3. The van der Waals surface area contributed by atoms with Crippen molar-refractivity contribution < 1.29 is 13.9 Å². The molecule has 0 radical (unpaired) electrons. The van der Waals surface area contributed by atoms with Crippen LogP contribution in [-0.4, -0.2) is 5.97 Å². The molecule has 3 aromatic rings. The summed E-state index contributed by atoms with van der Waals surface area (Å²) >= 11 is 0. The molecule has 1 atom stereocenters. The van der Waals surface area contributed by atoms with E-state index in [1.54, 1.807) is 18.2 Å². The summed E-state index contributed by atoms with van der Waals surface area (Å²) in [6.45, 7) is 6.45. The second kappa shape index (κ2) is 5.84. The van der Waals surface area contributed by atoms with Crippen molar-refractivity contribution in [2.24, 2.45) is 0 Å². The molecular formula is C22H20O4. The lowest BCUT2D eigenvalue weighted by atomic mass is 9.83. The third-order valence-electron chi connectivity index (χ3n) is 4.91. The minimum atomic E-state index is -0.448. The lowest BCUT2D eigenvalue weighted by Gasteiger charge is -2.25. The first-order valence-electron chi connectivity index (χ1n) is 8.71. The summed E-state index contributed by atoms with van der Waals surface area (Å²) in [6.07, 6.45) is 0.130. The Morgan fingerprint density at radius 3 is 2.35 bits per heavy atom. The van der Waals surface area contributed by atoms with E-state index in [1.165, 1.54) is 5.56 Å². The Morgan fingerprint density at radius 1 is 0.962 bits per heavy atom. The summed E-state index contributed by atoms with van der Waals surface area (Å²) in [4.78, 5) is 24.9. The van der Waals surface area contributed by atoms with E-state index in [2.05, 4.69) is 32.9 Å². The third-order valence-corrected chi connectivity index (χ3v) is 4.91. The standard InChI is InChI=1S/C22H20O4/c1-22(2,3)14-10-8-13(9-11-14)16-12-18(23)26-20-15-6-4-5-7-17(15)25-21(24)19(16)20/h4-11,16H,12H2,1-3H3. The van der Waals surface area contributed by atoms with Gasteiger partial charge in [-0.05, 0) is 28.7 Å². The number of rotatable bonds is 1. The third kappa shape index (κ3) is 2.71. The fraction of sp³-hybridized carbons (Fsp3) is 0.273. The van der Waals surface area contributed by atoms with Crippen molar-refractivity contribution in [2.45, 2.75) is 38.5 Å². The van der Waals surface area contributed by atoms with Gasteiger partial charge in [-0.2, -0.15) is 0 Å². The van der Waals surface area contributed by atoms with Gasteiger partial charge in [-0.3, -0.25) is 4.79 Å². The van der Waals surface area contributed by atoms with E-state index in [9.17, 15) is 9.59 Å². The number of esters is 1. The van der Waals surface area contributed by atoms with E-state index in [1.807, 2.05) is 18.2 Å². The molecule has 2 heterocycles. The van der Waals surface area contributed by atoms with E-state index in [-0.39, 0.29) is 23.7 Å². The number of hydrogen-bond acceptors (Lipinski definition) is 4. The molecule has 0 amide bonds. The number of ether oxygens (including phenoxy) is 1. The maximum absolute atomic E-state index is 12.6. The molecule has 0 N–H and O–H groups in total. The van der Waals surface area contributed by atoms with Gasteiger partial charge in [0.25, 0.3) is 0 Å². The molecule has 1 aliphatic rings. The van der Waals surface area contributed by atoms with Gasteiger partial charge in [-0.1, -0.05) is 57.2 Å². The minimum absolute atomic E-state index is 0.0389. The van der Waals surface area contributed by atoms with E-state index in [0.29, 0.717) is 22.3 Å². The lowest BCUT2D eigenvalue weighted by molar-refractivity contribution is -0.135. The molecule has 1 aliphatic heterocycles. The zero-order valence-electron chi connectivity index (χ0n) is 15.0. The summed E-state index contributed by atoms with van der Waals surface area (Å²) in [6, 6.07) is 15.2. The smallest absolute Gasteiger partial charge is 0.343 e. The normalized spacial score (nSPS) is 17.0. The van der Waals surface area contributed by atoms with Crippen molar-refractivity contribution in [1.82, 2.24) is 0 Å². The molecule has 1 aromatic heterocycles. The van der Waals surface area contributed by atoms with Crippen LogP contribution in [0.2, 0.25) is 0 Å². The number of benzene rings is 2. The SMILES string of the molecule is CC(C)(C)c1ccc(C2CC(=O)Oc3c2c(=O)oc2ccccc32)cc1. The topological polar surface area (TPSA) is 56.5 Å². The Balaban J connectivity index is 1.89. The maximum Gasteiger partial charge on any atom is 0.343 e. The monoisotopic (exact) mass is 348 g/mol. The van der Waals surface area contributed by atoms with Crippen molar-refractivity contribution in [2.75, 3.05) is 0 Å². The largest absolute Gasteiger partial charge is 0.425 e. The van der Waals surface area contributed by atoms with Gasteiger partial charge in [-0.15, -0.1) is 0 Å². The summed E-state index contributed by atoms with van der Waals surface area (Å²) < 4.78 is 10.9. The number of para-hydroxylation sites is 1. The van der Waals surface area contributed by atoms with E-state index in [0.717, 1.165) is 5.56 Å². The van der Waals surface area contributed by atoms with Crippen molar-refractivity contribution in [3.8, 4) is 5.75 Å². The number of carbonyl (C=O) groups is 1. The van der Waals surface area contributed by atoms with Gasteiger partial charge in [0.05, 0.1) is 17.4 Å². The fourth-order valence-electron chi connectivity index (χ4n) is 3.47. The molecule has 0 fully saturated rings. The summed E-state index contributed by atoms with van der Waals surface area (Å²) in [7, 11) is 0. The molecule has 1 unspecified atom stereocenters. The highest BCUT2D eigenvalue weighted by Crippen LogP contribution is 2.40. The molecule has 0 saturated carbocycles. The highest BCUT2D eigenvalue weighted by molar-refractivity contribution is 5.90. The number of hydrogen-bond donors (Lipinski definition) is 0. The van der Waals surface area contributed by atoms with Gasteiger partial charge in [0.1, 0.15) is 5.58 Å². The molecule has 4 nitrogen and oxygen atoms in total. The van der Waals surface area contributed by atoms with Crippen molar-refractivity contribution in [3.05, 3.63) is 75.6 Å². The molecule has 132 valence electrons. The Labute approximate surface area is 151 Å². The van der Waals surface area contributed by atoms with E-state index >= 15 is 0 Å². The van der Waals surface area contributed by atoms with Gasteiger partial charge >= 0.3 is 11.6 Å². The Kier molecular flexibility index (Phi) is 3.72. The summed E-state index contributed by atoms with van der Waals surface area (Å²) in [5.74, 6) is -0.364. The molecule has 4 rings (SSSR count). The highest BCUT2D eigenvalue weighted by Gasteiger charge is 2.33. The van der Waals surface area contributed by atoms with Gasteiger partial charge in [0, 0.05) is 5.92 Å². The van der Waals surface area contributed by atoms with Crippen molar-refractivity contribution in [3.63, 3.8) is 0 Å². The molecule has 0 aliphatic carbocycles. The molecule has 2 aromatic carbocycles. The molecule has 4 heteroatoms. The van der Waals surface area contributed by atoms with Crippen LogP contribution < -0.4 is 10.4 Å². The van der Waals surface area contributed by atoms with E-state index < -0.39 is 5.63 Å². The fourth-order valence-corrected chi connectivity index (χ4v) is 3.47. The zero-order chi connectivity index (χ0) is 18.5. The van der Waals surface area contributed by atoms with Crippen molar-refractivity contribution in [1.29, 1.82) is 0 Å². The van der Waals surface area contributed by atoms with Crippen LogP contribution in [0.25, 0.3) is 11.0 Å².